The fourth-order valence-electron chi connectivity index (χ4n) is 6.33. The molecule has 0 amide bonds. The maximum absolute atomic E-state index is 11.4. The molecule has 0 spiro atoms. The Morgan fingerprint density at radius 3 is 2.00 bits per heavy atom. The van der Waals surface area contributed by atoms with Gasteiger partial charge in [0.25, 0.3) is 0 Å². The number of nitrogens with zero attached hydrogens (tertiary/aromatic N) is 1. The molecule has 0 aliphatic rings. The molecule has 6 rings (SSSR count). The Kier molecular flexibility index (Phi) is 11.5. The van der Waals surface area contributed by atoms with Crippen LogP contribution in [-0.4, -0.2) is 22.2 Å². The average Bonchev–Trinajstić information content (AvgIpc) is 3.38. The summed E-state index contributed by atoms with van der Waals surface area (Å²) in [5, 5.41) is 12.5. The fourth-order valence-corrected chi connectivity index (χ4v) is 8.00. The van der Waals surface area contributed by atoms with Crippen molar-refractivity contribution in [3.05, 3.63) is 175 Å². The number of halogens is 3. The van der Waals surface area contributed by atoms with E-state index in [1.54, 1.807) is 24.1 Å². The van der Waals surface area contributed by atoms with Gasteiger partial charge < -0.3 is 9.67 Å². The zero-order valence-corrected chi connectivity index (χ0v) is 29.3. The average molecular weight is 714 g/mol. The molecule has 48 heavy (non-hydrogen) atoms. The van der Waals surface area contributed by atoms with Gasteiger partial charge in [-0.05, 0) is 84.0 Å². The van der Waals surface area contributed by atoms with E-state index in [1.807, 2.05) is 36.4 Å². The zero-order valence-electron chi connectivity index (χ0n) is 26.2. The van der Waals surface area contributed by atoms with Gasteiger partial charge >= 0.3 is 5.97 Å². The molecule has 0 unspecified atom stereocenters. The van der Waals surface area contributed by atoms with Gasteiger partial charge in [-0.2, -0.15) is 0 Å². The van der Waals surface area contributed by atoms with Gasteiger partial charge in [-0.3, -0.25) is 4.72 Å². The van der Waals surface area contributed by atoms with Crippen LogP contribution in [0.1, 0.15) is 56.3 Å². The van der Waals surface area contributed by atoms with E-state index in [0.717, 1.165) is 54.3 Å². The third-order valence-corrected chi connectivity index (χ3v) is 10.4. The number of aryl methyl sites for hydroxylation is 2. The number of benzene rings is 5. The van der Waals surface area contributed by atoms with Gasteiger partial charge in [0.1, 0.15) is 0 Å². The summed E-state index contributed by atoms with van der Waals surface area (Å²) in [6.45, 7) is 0.733. The van der Waals surface area contributed by atoms with Crippen molar-refractivity contribution < 1.29 is 9.90 Å². The Hall–Kier alpha value is -3.71. The molecule has 0 aliphatic carbocycles. The molecule has 8 heteroatoms. The smallest absolute Gasteiger partial charge is 0.335 e. The largest absolute Gasteiger partial charge is 0.478 e. The second kappa shape index (κ2) is 16.1. The number of hydrogen-bond donors (Lipinski definition) is 2. The molecule has 5 aromatic carbocycles. The van der Waals surface area contributed by atoms with E-state index in [0.29, 0.717) is 26.4 Å². The quantitative estimate of drug-likeness (QED) is 0.0871. The van der Waals surface area contributed by atoms with Crippen molar-refractivity contribution in [3.63, 3.8) is 0 Å². The highest BCUT2D eigenvalue weighted by Crippen LogP contribution is 2.38. The lowest BCUT2D eigenvalue weighted by Crippen LogP contribution is -2.19. The molecule has 0 atom stereocenters. The van der Waals surface area contributed by atoms with Crippen LogP contribution in [0.25, 0.3) is 10.9 Å². The molecule has 0 bridgehead atoms. The van der Waals surface area contributed by atoms with Crippen LogP contribution in [0.2, 0.25) is 15.1 Å². The van der Waals surface area contributed by atoms with Crippen LogP contribution in [0.5, 0.6) is 0 Å². The van der Waals surface area contributed by atoms with Crippen molar-refractivity contribution in [3.8, 4) is 0 Å². The van der Waals surface area contributed by atoms with Crippen LogP contribution in [0.15, 0.2) is 121 Å². The van der Waals surface area contributed by atoms with E-state index in [1.165, 1.54) is 22.4 Å². The number of rotatable bonds is 14. The molecule has 244 valence electrons. The molecule has 6 aromatic rings. The molecular weight excluding hydrogens is 679 g/mol. The standard InChI is InChI=1S/C40H35Cl3N2O2S/c41-31-21-22-37-33(25-31)32(14-7-9-27-17-19-30(20-18-27)40(46)47)38(23-24-44-48-26-34-35(42)15-8-16-36(34)43)45(37)39(28-10-3-1-4-11-28)29-12-5-2-6-13-29/h1-6,8,10-13,15-22,25,39,44H,7,9,14,23-24,26H2,(H,46,47). The summed E-state index contributed by atoms with van der Waals surface area (Å²) >= 11 is 21.1. The second-order valence-corrected chi connectivity index (χ2v) is 13.8. The van der Waals surface area contributed by atoms with Crippen molar-refractivity contribution in [2.24, 2.45) is 0 Å². The predicted molar refractivity (Wildman–Crippen MR) is 202 cm³/mol. The Bertz CT molecular complexity index is 1940. The van der Waals surface area contributed by atoms with Crippen molar-refractivity contribution >= 4 is 63.6 Å². The van der Waals surface area contributed by atoms with Crippen LogP contribution in [0, 0.1) is 0 Å². The number of aromatic carboxylic acids is 1. The van der Waals surface area contributed by atoms with Crippen molar-refractivity contribution in [2.75, 3.05) is 6.54 Å². The van der Waals surface area contributed by atoms with Crippen LogP contribution >= 0.6 is 46.8 Å². The predicted octanol–water partition coefficient (Wildman–Crippen LogP) is 11.1. The summed E-state index contributed by atoms with van der Waals surface area (Å²) in [7, 11) is 0. The van der Waals surface area contributed by atoms with Crippen LogP contribution in [0.3, 0.4) is 0 Å². The first-order valence-electron chi connectivity index (χ1n) is 15.9. The first-order chi connectivity index (χ1) is 23.4. The molecule has 4 nitrogen and oxygen atoms in total. The van der Waals surface area contributed by atoms with Gasteiger partial charge in [0, 0.05) is 55.9 Å². The molecule has 2 N–H and O–H groups in total. The van der Waals surface area contributed by atoms with Crippen molar-refractivity contribution in [1.82, 2.24) is 9.29 Å². The summed E-state index contributed by atoms with van der Waals surface area (Å²) < 4.78 is 6.08. The third kappa shape index (κ3) is 7.94. The van der Waals surface area contributed by atoms with Gasteiger partial charge in [0.05, 0.1) is 11.6 Å². The van der Waals surface area contributed by atoms with Crippen LogP contribution in [0.4, 0.5) is 0 Å². The van der Waals surface area contributed by atoms with E-state index in [9.17, 15) is 9.90 Å². The van der Waals surface area contributed by atoms with E-state index in [-0.39, 0.29) is 6.04 Å². The molecule has 0 saturated carbocycles. The summed E-state index contributed by atoms with van der Waals surface area (Å²) in [4.78, 5) is 11.4. The summed E-state index contributed by atoms with van der Waals surface area (Å²) in [5.41, 5.74) is 8.44. The van der Waals surface area contributed by atoms with Crippen LogP contribution < -0.4 is 4.72 Å². The third-order valence-electron chi connectivity index (χ3n) is 8.61. The SMILES string of the molecule is O=C(O)c1ccc(CCCc2c(CCNSCc3c(Cl)cccc3Cl)n(C(c3ccccc3)c3ccccc3)c3ccc(Cl)cc23)cc1. The fraction of sp³-hybridized carbons (Fsp3) is 0.175. The van der Waals surface area contributed by atoms with E-state index in [4.69, 9.17) is 34.8 Å². The first kappa shape index (κ1) is 34.2. The lowest BCUT2D eigenvalue weighted by Gasteiger charge is -2.25. The number of carboxylic acids is 1. The molecular formula is C40H35Cl3N2O2S. The minimum atomic E-state index is -0.913. The summed E-state index contributed by atoms with van der Waals surface area (Å²) in [6, 6.07) is 40.3. The van der Waals surface area contributed by atoms with Crippen LogP contribution in [-0.2, 0) is 25.0 Å². The highest BCUT2D eigenvalue weighted by molar-refractivity contribution is 7.96. The first-order valence-corrected chi connectivity index (χ1v) is 18.0. The van der Waals surface area contributed by atoms with Gasteiger partial charge in [0.2, 0.25) is 0 Å². The van der Waals surface area contributed by atoms with Gasteiger partial charge in [-0.1, -0.05) is 126 Å². The molecule has 1 heterocycles. The minimum Gasteiger partial charge on any atom is -0.478 e. The van der Waals surface area contributed by atoms with Crippen molar-refractivity contribution in [2.45, 2.75) is 37.5 Å². The Balaban J connectivity index is 1.36. The molecule has 0 radical (unpaired) electrons. The molecule has 0 saturated heterocycles. The Labute approximate surface area is 300 Å². The Morgan fingerprint density at radius 2 is 1.38 bits per heavy atom. The van der Waals surface area contributed by atoms with E-state index in [2.05, 4.69) is 82.1 Å². The van der Waals surface area contributed by atoms with Gasteiger partial charge in [0.15, 0.2) is 0 Å². The normalized spacial score (nSPS) is 11.4. The number of aromatic nitrogens is 1. The number of carboxylic acid groups (broad SMARTS) is 1. The highest BCUT2D eigenvalue weighted by Gasteiger charge is 2.25. The Morgan fingerprint density at radius 1 is 0.729 bits per heavy atom. The maximum atomic E-state index is 11.4. The number of nitrogens with one attached hydrogen (secondary N) is 1. The molecule has 0 aliphatic heterocycles. The lowest BCUT2D eigenvalue weighted by molar-refractivity contribution is 0.0697. The minimum absolute atomic E-state index is 0.0435. The van der Waals surface area contributed by atoms with E-state index < -0.39 is 5.97 Å². The molecule has 0 fully saturated rings. The lowest BCUT2D eigenvalue weighted by atomic mass is 9.97. The van der Waals surface area contributed by atoms with Gasteiger partial charge in [-0.25, -0.2) is 4.79 Å². The highest BCUT2D eigenvalue weighted by atomic mass is 35.5. The number of fused-ring (bicyclic) bond motifs is 1. The maximum Gasteiger partial charge on any atom is 0.335 e. The second-order valence-electron chi connectivity index (χ2n) is 11.7. The molecule has 1 aromatic heterocycles. The zero-order chi connectivity index (χ0) is 33.5. The van der Waals surface area contributed by atoms with E-state index >= 15 is 0 Å². The monoisotopic (exact) mass is 712 g/mol. The topological polar surface area (TPSA) is 54.3 Å². The summed E-state index contributed by atoms with van der Waals surface area (Å²) in [5.74, 6) is -0.259. The van der Waals surface area contributed by atoms with Gasteiger partial charge in [-0.15, -0.1) is 0 Å². The number of hydrogen-bond acceptors (Lipinski definition) is 3. The summed E-state index contributed by atoms with van der Waals surface area (Å²) in [6.07, 6.45) is 3.37. The number of carbonyl (C=O) groups is 1. The van der Waals surface area contributed by atoms with Crippen molar-refractivity contribution in [1.29, 1.82) is 0 Å².